The van der Waals surface area contributed by atoms with Crippen LogP contribution in [-0.4, -0.2) is 48.2 Å². The Labute approximate surface area is 121 Å². The number of nitrogens with one attached hydrogen (secondary N) is 1. The number of amides is 2. The SMILES string of the molecule is CC(C)(C)OC(=O)N1CCC(NCC(C)(C)C(N)=O)C1. The zero-order valence-electron chi connectivity index (χ0n) is 13.2. The molecule has 20 heavy (non-hydrogen) atoms. The maximum absolute atomic E-state index is 11.9. The van der Waals surface area contributed by atoms with Gasteiger partial charge in [0, 0.05) is 25.7 Å². The number of rotatable bonds is 4. The van der Waals surface area contributed by atoms with E-state index in [-0.39, 0.29) is 18.0 Å². The average Bonchev–Trinajstić information content (AvgIpc) is 2.72. The number of primary amides is 1. The Hall–Kier alpha value is -1.30. The van der Waals surface area contributed by atoms with Gasteiger partial charge in [-0.25, -0.2) is 4.79 Å². The fourth-order valence-corrected chi connectivity index (χ4v) is 1.91. The standard InChI is InChI=1S/C14H27N3O3/c1-13(2,3)20-12(19)17-7-6-10(8-17)16-9-14(4,5)11(15)18/h10,16H,6-9H2,1-5H3,(H2,15,18). The summed E-state index contributed by atoms with van der Waals surface area (Å²) in [7, 11) is 0. The molecule has 0 aliphatic carbocycles. The second kappa shape index (κ2) is 5.99. The van der Waals surface area contributed by atoms with Crippen molar-refractivity contribution in [3.63, 3.8) is 0 Å². The molecule has 1 saturated heterocycles. The molecule has 2 amide bonds. The number of nitrogens with two attached hydrogens (primary N) is 1. The van der Waals surface area contributed by atoms with Gasteiger partial charge >= 0.3 is 6.09 Å². The highest BCUT2D eigenvalue weighted by molar-refractivity contribution is 5.80. The first-order valence-corrected chi connectivity index (χ1v) is 7.02. The molecule has 1 unspecified atom stereocenters. The van der Waals surface area contributed by atoms with Crippen molar-refractivity contribution in [3.8, 4) is 0 Å². The first-order chi connectivity index (χ1) is 9.01. The zero-order chi connectivity index (χ0) is 15.6. The number of carbonyl (C=O) groups excluding carboxylic acids is 2. The largest absolute Gasteiger partial charge is 0.444 e. The van der Waals surface area contributed by atoms with Gasteiger partial charge in [0.1, 0.15) is 5.60 Å². The summed E-state index contributed by atoms with van der Waals surface area (Å²) in [5.41, 5.74) is 4.28. The van der Waals surface area contributed by atoms with E-state index in [2.05, 4.69) is 5.32 Å². The van der Waals surface area contributed by atoms with Gasteiger partial charge in [-0.3, -0.25) is 4.79 Å². The first-order valence-electron chi connectivity index (χ1n) is 7.02. The van der Waals surface area contributed by atoms with Gasteiger partial charge in [0.25, 0.3) is 0 Å². The van der Waals surface area contributed by atoms with E-state index in [0.717, 1.165) is 6.42 Å². The summed E-state index contributed by atoms with van der Waals surface area (Å²) < 4.78 is 5.34. The molecule has 1 rings (SSSR count). The Morgan fingerprint density at radius 1 is 1.30 bits per heavy atom. The second-order valence-electron chi connectivity index (χ2n) is 7.04. The Morgan fingerprint density at radius 2 is 1.90 bits per heavy atom. The third kappa shape index (κ3) is 5.00. The van der Waals surface area contributed by atoms with Gasteiger partial charge < -0.3 is 20.7 Å². The minimum absolute atomic E-state index is 0.182. The van der Waals surface area contributed by atoms with Gasteiger partial charge in [-0.15, -0.1) is 0 Å². The van der Waals surface area contributed by atoms with E-state index < -0.39 is 11.0 Å². The minimum atomic E-state index is -0.584. The van der Waals surface area contributed by atoms with E-state index in [4.69, 9.17) is 10.5 Å². The van der Waals surface area contributed by atoms with Crippen molar-refractivity contribution < 1.29 is 14.3 Å². The van der Waals surface area contributed by atoms with Crippen molar-refractivity contribution in [2.75, 3.05) is 19.6 Å². The number of likely N-dealkylation sites (tertiary alicyclic amines) is 1. The van der Waals surface area contributed by atoms with Gasteiger partial charge in [0.05, 0.1) is 5.41 Å². The Balaban J connectivity index is 2.41. The predicted molar refractivity (Wildman–Crippen MR) is 77.2 cm³/mol. The summed E-state index contributed by atoms with van der Waals surface area (Å²) in [6.07, 6.45) is 0.574. The number of ether oxygens (including phenoxy) is 1. The molecule has 0 aromatic carbocycles. The average molecular weight is 285 g/mol. The summed E-state index contributed by atoms with van der Waals surface area (Å²) in [4.78, 5) is 24.9. The fraction of sp³-hybridized carbons (Fsp3) is 0.857. The predicted octanol–water partition coefficient (Wildman–Crippen LogP) is 1.10. The highest BCUT2D eigenvalue weighted by atomic mass is 16.6. The topological polar surface area (TPSA) is 84.7 Å². The van der Waals surface area contributed by atoms with Crippen molar-refractivity contribution in [1.29, 1.82) is 0 Å². The van der Waals surface area contributed by atoms with Crippen LogP contribution in [-0.2, 0) is 9.53 Å². The van der Waals surface area contributed by atoms with Gasteiger partial charge in [0.2, 0.25) is 5.91 Å². The Morgan fingerprint density at radius 3 is 2.40 bits per heavy atom. The van der Waals surface area contributed by atoms with Crippen molar-refractivity contribution in [2.45, 2.75) is 52.7 Å². The van der Waals surface area contributed by atoms with Crippen LogP contribution >= 0.6 is 0 Å². The van der Waals surface area contributed by atoms with Crippen molar-refractivity contribution >= 4 is 12.0 Å². The van der Waals surface area contributed by atoms with Crippen LogP contribution in [0.25, 0.3) is 0 Å². The first kappa shape index (κ1) is 16.8. The molecular weight excluding hydrogens is 258 g/mol. The minimum Gasteiger partial charge on any atom is -0.444 e. The maximum atomic E-state index is 11.9. The van der Waals surface area contributed by atoms with Crippen LogP contribution in [0.1, 0.15) is 41.0 Å². The van der Waals surface area contributed by atoms with E-state index in [1.54, 1.807) is 4.90 Å². The maximum Gasteiger partial charge on any atom is 0.410 e. The van der Waals surface area contributed by atoms with E-state index >= 15 is 0 Å². The molecular formula is C14H27N3O3. The fourth-order valence-electron chi connectivity index (χ4n) is 1.91. The molecule has 0 bridgehead atoms. The quantitative estimate of drug-likeness (QED) is 0.810. The molecule has 0 radical (unpaired) electrons. The second-order valence-corrected chi connectivity index (χ2v) is 7.04. The molecule has 6 nitrogen and oxygen atoms in total. The van der Waals surface area contributed by atoms with Gasteiger partial charge in [0.15, 0.2) is 0 Å². The number of hydrogen-bond donors (Lipinski definition) is 2. The summed E-state index contributed by atoms with van der Waals surface area (Å²) >= 11 is 0. The highest BCUT2D eigenvalue weighted by Crippen LogP contribution is 2.17. The smallest absolute Gasteiger partial charge is 0.410 e. The highest BCUT2D eigenvalue weighted by Gasteiger charge is 2.31. The molecule has 3 N–H and O–H groups in total. The lowest BCUT2D eigenvalue weighted by molar-refractivity contribution is -0.125. The zero-order valence-corrected chi connectivity index (χ0v) is 13.2. The van der Waals surface area contributed by atoms with Crippen LogP contribution in [0, 0.1) is 5.41 Å². The summed E-state index contributed by atoms with van der Waals surface area (Å²) in [6, 6.07) is 0.182. The molecule has 0 aromatic heterocycles. The molecule has 1 aliphatic rings. The Bertz CT molecular complexity index is 374. The van der Waals surface area contributed by atoms with Crippen LogP contribution in [0.3, 0.4) is 0 Å². The van der Waals surface area contributed by atoms with Crippen LogP contribution in [0.15, 0.2) is 0 Å². The monoisotopic (exact) mass is 285 g/mol. The molecule has 1 fully saturated rings. The lowest BCUT2D eigenvalue weighted by atomic mass is 9.92. The van der Waals surface area contributed by atoms with E-state index in [1.165, 1.54) is 0 Å². The van der Waals surface area contributed by atoms with Gasteiger partial charge in [-0.2, -0.15) is 0 Å². The lowest BCUT2D eigenvalue weighted by Crippen LogP contribution is -2.45. The molecule has 0 aromatic rings. The molecule has 1 aliphatic heterocycles. The molecule has 0 saturated carbocycles. The van der Waals surface area contributed by atoms with Crippen molar-refractivity contribution in [1.82, 2.24) is 10.2 Å². The Kier molecular flexibility index (Phi) is 5.02. The van der Waals surface area contributed by atoms with E-state index in [1.807, 2.05) is 34.6 Å². The molecule has 6 heteroatoms. The molecule has 1 heterocycles. The third-order valence-corrected chi connectivity index (χ3v) is 3.34. The van der Waals surface area contributed by atoms with Crippen LogP contribution < -0.4 is 11.1 Å². The number of nitrogens with zero attached hydrogens (tertiary/aromatic N) is 1. The summed E-state index contributed by atoms with van der Waals surface area (Å²) in [6.45, 7) is 11.0. The van der Waals surface area contributed by atoms with Crippen LogP contribution in [0.5, 0.6) is 0 Å². The van der Waals surface area contributed by atoms with Gasteiger partial charge in [-0.05, 0) is 41.0 Å². The van der Waals surface area contributed by atoms with E-state index in [0.29, 0.717) is 19.6 Å². The normalized spacial score (nSPS) is 20.1. The number of hydrogen-bond acceptors (Lipinski definition) is 4. The van der Waals surface area contributed by atoms with Crippen molar-refractivity contribution in [3.05, 3.63) is 0 Å². The van der Waals surface area contributed by atoms with Crippen LogP contribution in [0.4, 0.5) is 4.79 Å². The summed E-state index contributed by atoms with van der Waals surface area (Å²) in [5, 5.41) is 3.30. The van der Waals surface area contributed by atoms with Gasteiger partial charge in [-0.1, -0.05) is 0 Å². The lowest BCUT2D eigenvalue weighted by Gasteiger charge is -2.25. The third-order valence-electron chi connectivity index (χ3n) is 3.34. The van der Waals surface area contributed by atoms with Crippen LogP contribution in [0.2, 0.25) is 0 Å². The van der Waals surface area contributed by atoms with E-state index in [9.17, 15) is 9.59 Å². The van der Waals surface area contributed by atoms with Crippen molar-refractivity contribution in [2.24, 2.45) is 11.1 Å². The molecule has 0 spiro atoms. The molecule has 1 atom stereocenters. The summed E-state index contributed by atoms with van der Waals surface area (Å²) in [5.74, 6) is -0.327. The number of carbonyl (C=O) groups is 2. The molecule has 116 valence electrons.